The highest BCUT2D eigenvalue weighted by atomic mass is 19.3. The largest absolute Gasteiger partial charge is 0.481 e. The van der Waals surface area contributed by atoms with Crippen molar-refractivity contribution in [2.24, 2.45) is 28.6 Å². The maximum atomic E-state index is 12.8. The van der Waals surface area contributed by atoms with Crippen molar-refractivity contribution in [3.63, 3.8) is 0 Å². The summed E-state index contributed by atoms with van der Waals surface area (Å²) in [6, 6.07) is 0. The van der Waals surface area contributed by atoms with Crippen LogP contribution in [0.2, 0.25) is 0 Å². The number of rotatable bonds is 5. The van der Waals surface area contributed by atoms with E-state index in [2.05, 4.69) is 6.58 Å². The monoisotopic (exact) mass is 326 g/mol. The van der Waals surface area contributed by atoms with Crippen LogP contribution in [0.1, 0.15) is 33.6 Å². The van der Waals surface area contributed by atoms with E-state index in [1.165, 1.54) is 0 Å². The van der Waals surface area contributed by atoms with Crippen molar-refractivity contribution in [1.82, 2.24) is 0 Å². The van der Waals surface area contributed by atoms with Gasteiger partial charge >= 0.3 is 5.97 Å². The minimum atomic E-state index is -1.86. The molecule has 23 heavy (non-hydrogen) atoms. The van der Waals surface area contributed by atoms with Gasteiger partial charge in [-0.25, -0.2) is 0 Å². The molecular weight excluding hydrogens is 302 g/mol. The third-order valence-corrected chi connectivity index (χ3v) is 5.94. The molecule has 0 aromatic rings. The van der Waals surface area contributed by atoms with Gasteiger partial charge in [0.1, 0.15) is 0 Å². The summed E-state index contributed by atoms with van der Waals surface area (Å²) in [6.07, 6.45) is 2.83. The van der Waals surface area contributed by atoms with E-state index in [1.807, 2.05) is 19.1 Å². The molecule has 5 heteroatoms. The van der Waals surface area contributed by atoms with Crippen LogP contribution in [-0.4, -0.2) is 22.3 Å². The Kier molecular flexibility index (Phi) is 4.55. The van der Waals surface area contributed by atoms with Crippen molar-refractivity contribution in [3.8, 4) is 0 Å². The minimum absolute atomic E-state index is 0.219. The summed E-state index contributed by atoms with van der Waals surface area (Å²) in [5, 5.41) is 20.2. The molecule has 2 aliphatic carbocycles. The summed E-state index contributed by atoms with van der Waals surface area (Å²) in [5.74, 6) is -2.56. The van der Waals surface area contributed by atoms with Gasteiger partial charge in [0.2, 0.25) is 0 Å². The van der Waals surface area contributed by atoms with Crippen LogP contribution >= 0.6 is 0 Å². The molecule has 2 aliphatic rings. The lowest BCUT2D eigenvalue weighted by Crippen LogP contribution is -2.30. The van der Waals surface area contributed by atoms with Crippen molar-refractivity contribution in [1.29, 1.82) is 0 Å². The van der Waals surface area contributed by atoms with Gasteiger partial charge in [0.25, 0.3) is 6.08 Å². The lowest BCUT2D eigenvalue weighted by Gasteiger charge is -2.25. The number of carboxylic acids is 1. The number of carboxylic acid groups (broad SMARTS) is 1. The molecule has 2 saturated carbocycles. The third-order valence-electron chi connectivity index (χ3n) is 5.94. The van der Waals surface area contributed by atoms with Gasteiger partial charge in [-0.3, -0.25) is 4.79 Å². The van der Waals surface area contributed by atoms with Crippen LogP contribution in [0, 0.1) is 28.6 Å². The van der Waals surface area contributed by atoms with Crippen LogP contribution in [-0.2, 0) is 4.79 Å². The summed E-state index contributed by atoms with van der Waals surface area (Å²) < 4.78 is 25.5. The average Bonchev–Trinajstić information content (AvgIpc) is 2.76. The maximum Gasteiger partial charge on any atom is 0.311 e. The molecule has 0 bridgehead atoms. The Labute approximate surface area is 135 Å². The van der Waals surface area contributed by atoms with E-state index in [4.69, 9.17) is 0 Å². The molecule has 0 radical (unpaired) electrons. The molecule has 0 saturated heterocycles. The first-order valence-electron chi connectivity index (χ1n) is 7.86. The van der Waals surface area contributed by atoms with E-state index in [1.54, 1.807) is 13.8 Å². The fraction of sp³-hybridized carbons (Fsp3) is 0.611. The Morgan fingerprint density at radius 1 is 1.43 bits per heavy atom. The van der Waals surface area contributed by atoms with Crippen molar-refractivity contribution in [3.05, 3.63) is 36.5 Å². The first-order chi connectivity index (χ1) is 10.6. The fourth-order valence-electron chi connectivity index (χ4n) is 4.66. The van der Waals surface area contributed by atoms with Gasteiger partial charge in [-0.05, 0) is 37.2 Å². The zero-order chi connectivity index (χ0) is 17.6. The summed E-state index contributed by atoms with van der Waals surface area (Å²) in [4.78, 5) is 12.0. The van der Waals surface area contributed by atoms with Crippen molar-refractivity contribution < 1.29 is 23.8 Å². The van der Waals surface area contributed by atoms with Crippen LogP contribution in [0.3, 0.4) is 0 Å². The molecular formula is C18H24F2O3. The van der Waals surface area contributed by atoms with Gasteiger partial charge in [-0.2, -0.15) is 8.78 Å². The first-order valence-corrected chi connectivity index (χ1v) is 7.86. The molecule has 2 N–H and O–H groups in total. The van der Waals surface area contributed by atoms with Crippen LogP contribution < -0.4 is 0 Å². The van der Waals surface area contributed by atoms with Crippen molar-refractivity contribution in [2.45, 2.75) is 39.7 Å². The second-order valence-electron chi connectivity index (χ2n) is 7.17. The lowest BCUT2D eigenvalue weighted by molar-refractivity contribution is -0.147. The number of allylic oxidation sites excluding steroid dienone is 3. The number of hydrogen-bond donors (Lipinski definition) is 2. The predicted octanol–water partition coefficient (Wildman–Crippen LogP) is 4.01. The first kappa shape index (κ1) is 17.9. The van der Waals surface area contributed by atoms with E-state index in [0.29, 0.717) is 12.0 Å². The normalized spacial score (nSPS) is 38.8. The number of carbonyl (C=O) groups is 1. The van der Waals surface area contributed by atoms with Gasteiger partial charge in [0.05, 0.1) is 11.5 Å². The lowest BCUT2D eigenvalue weighted by atomic mass is 9.78. The quantitative estimate of drug-likeness (QED) is 0.751. The molecule has 0 aromatic carbocycles. The Morgan fingerprint density at radius 3 is 2.52 bits per heavy atom. The van der Waals surface area contributed by atoms with Crippen molar-refractivity contribution >= 4 is 5.97 Å². The van der Waals surface area contributed by atoms with E-state index >= 15 is 0 Å². The van der Waals surface area contributed by atoms with Crippen LogP contribution in [0.15, 0.2) is 36.5 Å². The van der Waals surface area contributed by atoms with Gasteiger partial charge in [0.15, 0.2) is 0 Å². The highest BCUT2D eigenvalue weighted by Gasteiger charge is 2.79. The third kappa shape index (κ3) is 2.45. The number of hydrogen-bond acceptors (Lipinski definition) is 2. The molecule has 2 rings (SSSR count). The molecule has 2 fully saturated rings. The van der Waals surface area contributed by atoms with E-state index in [0.717, 1.165) is 6.08 Å². The minimum Gasteiger partial charge on any atom is -0.481 e. The van der Waals surface area contributed by atoms with Gasteiger partial charge < -0.3 is 10.2 Å². The van der Waals surface area contributed by atoms with E-state index in [-0.39, 0.29) is 12.3 Å². The maximum absolute atomic E-state index is 12.8. The van der Waals surface area contributed by atoms with E-state index < -0.39 is 40.8 Å². The summed E-state index contributed by atoms with van der Waals surface area (Å²) in [7, 11) is 0. The number of aliphatic carboxylic acids is 1. The Bertz CT molecular complexity index is 575. The molecule has 0 spiro atoms. The second kappa shape index (κ2) is 5.86. The predicted molar refractivity (Wildman–Crippen MR) is 83.8 cm³/mol. The smallest absolute Gasteiger partial charge is 0.311 e. The van der Waals surface area contributed by atoms with Crippen LogP contribution in [0.25, 0.3) is 0 Å². The number of aliphatic hydroxyl groups is 1. The van der Waals surface area contributed by atoms with Gasteiger partial charge in [0, 0.05) is 11.8 Å². The molecule has 128 valence electrons. The fourth-order valence-corrected chi connectivity index (χ4v) is 4.66. The Hall–Kier alpha value is -1.49. The molecule has 2 unspecified atom stereocenters. The number of halogens is 2. The summed E-state index contributed by atoms with van der Waals surface area (Å²) in [5.41, 5.74) is -1.45. The topological polar surface area (TPSA) is 57.5 Å². The highest BCUT2D eigenvalue weighted by molar-refractivity contribution is 5.83. The zero-order valence-electron chi connectivity index (χ0n) is 13.7. The van der Waals surface area contributed by atoms with Crippen molar-refractivity contribution in [2.75, 3.05) is 0 Å². The zero-order valence-corrected chi connectivity index (χ0v) is 13.7. The molecule has 0 aliphatic heterocycles. The molecule has 0 aromatic heterocycles. The van der Waals surface area contributed by atoms with Crippen LogP contribution in [0.5, 0.6) is 0 Å². The molecule has 3 nitrogen and oxygen atoms in total. The standard InChI is InChI=1S/C18H24F2O3/c1-5-6-7-11-10(2)12(8-13(11)21)18(16(22)23)14(9-15(19)20)17(18,3)4/h5-6,9,11-14,21H,2,7-8H2,1,3-4H3,(H,22,23)/t11-,12+,13+,14?,18?/m0/s1. The van der Waals surface area contributed by atoms with Gasteiger partial charge in [-0.15, -0.1) is 0 Å². The molecule has 0 heterocycles. The Balaban J connectivity index is 2.40. The van der Waals surface area contributed by atoms with Crippen LogP contribution in [0.4, 0.5) is 8.78 Å². The van der Waals surface area contributed by atoms with E-state index in [9.17, 15) is 23.8 Å². The molecule has 0 amide bonds. The van der Waals surface area contributed by atoms with Gasteiger partial charge in [-0.1, -0.05) is 38.2 Å². The average molecular weight is 326 g/mol. The summed E-state index contributed by atoms with van der Waals surface area (Å²) >= 11 is 0. The second-order valence-corrected chi connectivity index (χ2v) is 7.17. The summed E-state index contributed by atoms with van der Waals surface area (Å²) in [6.45, 7) is 9.29. The Morgan fingerprint density at radius 2 is 2.04 bits per heavy atom. The highest BCUT2D eigenvalue weighted by Crippen LogP contribution is 2.76. The SMILES string of the molecule is C=C1[C@H](C2(C(=O)O)C(C=C(F)F)C2(C)C)C[C@@H](O)[C@H]1CC=CC. The molecule has 5 atom stereocenters. The number of aliphatic hydroxyl groups excluding tert-OH is 1.